The highest BCUT2D eigenvalue weighted by Gasteiger charge is 2.32. The largest absolute Gasteiger partial charge is 0.454 e. The highest BCUT2D eigenvalue weighted by molar-refractivity contribution is 5.95. The summed E-state index contributed by atoms with van der Waals surface area (Å²) in [7, 11) is 1.96. The Morgan fingerprint density at radius 2 is 2.07 bits per heavy atom. The number of hydrogen-bond donors (Lipinski definition) is 1. The molecule has 1 amide bonds. The van der Waals surface area contributed by atoms with Crippen LogP contribution in [-0.4, -0.2) is 39.7 Å². The molecule has 7 heteroatoms. The Morgan fingerprint density at radius 3 is 2.87 bits per heavy atom. The van der Waals surface area contributed by atoms with Crippen molar-refractivity contribution >= 4 is 11.6 Å². The number of rotatable bonds is 5. The van der Waals surface area contributed by atoms with Gasteiger partial charge in [-0.25, -0.2) is 4.98 Å². The zero-order chi connectivity index (χ0) is 20.5. The number of hydrogen-bond acceptors (Lipinski definition) is 5. The quantitative estimate of drug-likeness (QED) is 0.706. The summed E-state index contributed by atoms with van der Waals surface area (Å²) >= 11 is 0. The molecule has 154 valence electrons. The van der Waals surface area contributed by atoms with E-state index in [-0.39, 0.29) is 18.7 Å². The van der Waals surface area contributed by atoms with Crippen molar-refractivity contribution in [1.29, 1.82) is 0 Å². The van der Waals surface area contributed by atoms with E-state index in [1.165, 1.54) is 0 Å². The summed E-state index contributed by atoms with van der Waals surface area (Å²) in [6.07, 6.45) is 5.47. The molecular formula is C23H24N4O3. The summed E-state index contributed by atoms with van der Waals surface area (Å²) in [6, 6.07) is 13.7. The molecule has 0 aliphatic carbocycles. The van der Waals surface area contributed by atoms with Gasteiger partial charge >= 0.3 is 0 Å². The number of nitrogens with zero attached hydrogens (tertiary/aromatic N) is 3. The van der Waals surface area contributed by atoms with Crippen LogP contribution in [0.25, 0.3) is 11.3 Å². The first kappa shape index (κ1) is 18.7. The fraction of sp³-hybridized carbons (Fsp3) is 0.304. The molecule has 3 heterocycles. The van der Waals surface area contributed by atoms with Crippen molar-refractivity contribution < 1.29 is 14.3 Å². The number of imidazole rings is 1. The maximum Gasteiger partial charge on any atom is 0.241 e. The van der Waals surface area contributed by atoms with Crippen molar-refractivity contribution in [2.24, 2.45) is 7.05 Å². The van der Waals surface area contributed by atoms with Crippen molar-refractivity contribution in [3.8, 4) is 22.8 Å². The van der Waals surface area contributed by atoms with Crippen molar-refractivity contribution in [3.05, 3.63) is 60.6 Å². The van der Waals surface area contributed by atoms with Gasteiger partial charge in [0.15, 0.2) is 11.5 Å². The van der Waals surface area contributed by atoms with Gasteiger partial charge in [-0.15, -0.1) is 0 Å². The van der Waals surface area contributed by atoms with Crippen molar-refractivity contribution in [2.45, 2.75) is 25.4 Å². The van der Waals surface area contributed by atoms with Crippen molar-refractivity contribution in [1.82, 2.24) is 14.5 Å². The maximum absolute atomic E-state index is 13.0. The second-order valence-corrected chi connectivity index (χ2v) is 7.74. The number of carbonyl (C=O) groups excluding carboxylic acids is 1. The summed E-state index contributed by atoms with van der Waals surface area (Å²) in [5.41, 5.74) is 3.97. The number of aromatic nitrogens is 2. The van der Waals surface area contributed by atoms with E-state index in [2.05, 4.69) is 15.2 Å². The molecule has 2 aliphatic rings. The highest BCUT2D eigenvalue weighted by atomic mass is 16.7. The minimum atomic E-state index is -0.153. The van der Waals surface area contributed by atoms with Crippen LogP contribution in [0.1, 0.15) is 18.4 Å². The van der Waals surface area contributed by atoms with Crippen LogP contribution in [0.15, 0.2) is 55.0 Å². The van der Waals surface area contributed by atoms with E-state index in [0.29, 0.717) is 6.54 Å². The Hall–Kier alpha value is -3.32. The maximum atomic E-state index is 13.0. The number of aryl methyl sites for hydroxylation is 1. The summed E-state index contributed by atoms with van der Waals surface area (Å²) in [6.45, 7) is 1.82. The fourth-order valence-electron chi connectivity index (χ4n) is 4.23. The van der Waals surface area contributed by atoms with Gasteiger partial charge in [-0.1, -0.05) is 24.3 Å². The molecule has 0 radical (unpaired) electrons. The number of nitrogens with one attached hydrogen (secondary N) is 1. The van der Waals surface area contributed by atoms with Crippen molar-refractivity contribution in [2.75, 3.05) is 18.7 Å². The molecule has 5 rings (SSSR count). The molecule has 3 aromatic rings. The molecule has 0 unspecified atom stereocenters. The van der Waals surface area contributed by atoms with Crippen LogP contribution in [0, 0.1) is 0 Å². The number of carbonyl (C=O) groups is 1. The number of fused-ring (bicyclic) bond motifs is 1. The fourth-order valence-corrected chi connectivity index (χ4v) is 4.23. The van der Waals surface area contributed by atoms with Crippen LogP contribution in [0.3, 0.4) is 0 Å². The third kappa shape index (κ3) is 3.52. The van der Waals surface area contributed by atoms with Gasteiger partial charge in [-0.2, -0.15) is 0 Å². The summed E-state index contributed by atoms with van der Waals surface area (Å²) in [4.78, 5) is 19.4. The second kappa shape index (κ2) is 7.84. The molecule has 0 spiro atoms. The molecule has 1 atom stereocenters. The SMILES string of the molecule is Cn1cncc1-c1ccc(NC(=O)[C@H]2CCCN2Cc2cccc3c2OCO3)cc1. The molecule has 1 fully saturated rings. The van der Waals surface area contributed by atoms with E-state index >= 15 is 0 Å². The van der Waals surface area contributed by atoms with Gasteiger partial charge in [-0.05, 0) is 43.1 Å². The van der Waals surface area contributed by atoms with Gasteiger partial charge in [0, 0.05) is 24.8 Å². The lowest BCUT2D eigenvalue weighted by atomic mass is 10.1. The van der Waals surface area contributed by atoms with Gasteiger partial charge in [0.1, 0.15) is 0 Å². The zero-order valence-corrected chi connectivity index (χ0v) is 16.9. The van der Waals surface area contributed by atoms with Crippen molar-refractivity contribution in [3.63, 3.8) is 0 Å². The summed E-state index contributed by atoms with van der Waals surface area (Å²) in [5.74, 6) is 1.61. The second-order valence-electron chi connectivity index (χ2n) is 7.74. The Bertz CT molecular complexity index is 1060. The predicted octanol–water partition coefficient (Wildman–Crippen LogP) is 3.42. The lowest BCUT2D eigenvalue weighted by Crippen LogP contribution is -2.39. The molecule has 0 bridgehead atoms. The van der Waals surface area contributed by atoms with E-state index in [1.807, 2.05) is 60.3 Å². The Balaban J connectivity index is 1.27. The van der Waals surface area contributed by atoms with Crippen LogP contribution in [0.2, 0.25) is 0 Å². The monoisotopic (exact) mass is 404 g/mol. The summed E-state index contributed by atoms with van der Waals surface area (Å²) in [5, 5.41) is 3.08. The van der Waals surface area contributed by atoms with Gasteiger partial charge < -0.3 is 19.4 Å². The van der Waals surface area contributed by atoms with Gasteiger partial charge in [0.25, 0.3) is 0 Å². The van der Waals surface area contributed by atoms with Crippen LogP contribution in [-0.2, 0) is 18.4 Å². The van der Waals surface area contributed by atoms with E-state index in [1.54, 1.807) is 6.33 Å². The highest BCUT2D eigenvalue weighted by Crippen LogP contribution is 2.37. The Labute approximate surface area is 175 Å². The van der Waals surface area contributed by atoms with E-state index in [0.717, 1.165) is 53.4 Å². The Morgan fingerprint density at radius 1 is 1.20 bits per heavy atom. The van der Waals surface area contributed by atoms with E-state index in [9.17, 15) is 4.79 Å². The van der Waals surface area contributed by atoms with Gasteiger partial charge in [0.2, 0.25) is 12.7 Å². The number of likely N-dealkylation sites (tertiary alicyclic amines) is 1. The smallest absolute Gasteiger partial charge is 0.241 e. The average molecular weight is 404 g/mol. The minimum Gasteiger partial charge on any atom is -0.454 e. The van der Waals surface area contributed by atoms with E-state index < -0.39 is 0 Å². The molecule has 1 aromatic heterocycles. The topological polar surface area (TPSA) is 68.6 Å². The standard InChI is InChI=1S/C23H24N4O3/c1-26-14-24-12-20(26)16-7-9-18(10-8-16)25-23(28)19-5-3-11-27(19)13-17-4-2-6-21-22(17)30-15-29-21/h2,4,6-10,12,14,19H,3,5,11,13,15H2,1H3,(H,25,28)/t19-/m1/s1. The zero-order valence-electron chi connectivity index (χ0n) is 16.9. The third-order valence-electron chi connectivity index (χ3n) is 5.78. The number of benzene rings is 2. The number of para-hydroxylation sites is 1. The number of anilines is 1. The molecule has 0 saturated carbocycles. The first-order valence-electron chi connectivity index (χ1n) is 10.2. The minimum absolute atomic E-state index is 0.0329. The summed E-state index contributed by atoms with van der Waals surface area (Å²) < 4.78 is 13.1. The van der Waals surface area contributed by atoms with Gasteiger partial charge in [-0.3, -0.25) is 9.69 Å². The molecule has 7 nitrogen and oxygen atoms in total. The normalized spacial score (nSPS) is 18.0. The van der Waals surface area contributed by atoms with Gasteiger partial charge in [0.05, 0.1) is 24.3 Å². The Kier molecular flexibility index (Phi) is 4.88. The molecule has 2 aromatic carbocycles. The van der Waals surface area contributed by atoms with Crippen LogP contribution >= 0.6 is 0 Å². The van der Waals surface area contributed by atoms with Crippen LogP contribution < -0.4 is 14.8 Å². The number of amides is 1. The van der Waals surface area contributed by atoms with Crippen LogP contribution in [0.5, 0.6) is 11.5 Å². The predicted molar refractivity (Wildman–Crippen MR) is 113 cm³/mol. The van der Waals surface area contributed by atoms with Crippen LogP contribution in [0.4, 0.5) is 5.69 Å². The van der Waals surface area contributed by atoms with E-state index in [4.69, 9.17) is 9.47 Å². The molecule has 1 N–H and O–H groups in total. The third-order valence-corrected chi connectivity index (χ3v) is 5.78. The molecule has 30 heavy (non-hydrogen) atoms. The molecule has 1 saturated heterocycles. The lowest BCUT2D eigenvalue weighted by Gasteiger charge is -2.24. The first-order valence-corrected chi connectivity index (χ1v) is 10.2. The average Bonchev–Trinajstić information content (AvgIpc) is 3.49. The number of ether oxygens (including phenoxy) is 2. The molecule has 2 aliphatic heterocycles. The molecular weight excluding hydrogens is 380 g/mol. The first-order chi connectivity index (χ1) is 14.7. The lowest BCUT2D eigenvalue weighted by molar-refractivity contribution is -0.120.